The van der Waals surface area contributed by atoms with Crippen molar-refractivity contribution in [3.63, 3.8) is 0 Å². The van der Waals surface area contributed by atoms with Gasteiger partial charge in [0, 0.05) is 10.9 Å². The molecule has 1 aromatic rings. The van der Waals surface area contributed by atoms with E-state index in [9.17, 15) is 0 Å². The summed E-state index contributed by atoms with van der Waals surface area (Å²) < 4.78 is 0. The van der Waals surface area contributed by atoms with Gasteiger partial charge in [-0.15, -0.1) is 0 Å². The van der Waals surface area contributed by atoms with Gasteiger partial charge >= 0.3 is 0 Å². The number of nitriles is 1. The third-order valence-electron chi connectivity index (χ3n) is 1.57. The molecule has 0 bridgehead atoms. The van der Waals surface area contributed by atoms with Crippen molar-refractivity contribution in [2.45, 2.75) is 0 Å². The molecule has 0 unspecified atom stereocenters. The Bertz CT molecular complexity index is 407. The van der Waals surface area contributed by atoms with E-state index in [0.717, 1.165) is 5.56 Å². The molecule has 0 amide bonds. The largest absolute Gasteiger partial charge is 0.193 e. The lowest BCUT2D eigenvalue weighted by Crippen LogP contribution is -1.80. The fraction of sp³-hybridized carbons (Fsp3) is 0.100. The Morgan fingerprint density at radius 1 is 1.43 bits per heavy atom. The molecule has 0 fully saturated rings. The minimum atomic E-state index is 0.493. The maximum atomic E-state index is 8.70. The van der Waals surface area contributed by atoms with Gasteiger partial charge in [0.25, 0.3) is 0 Å². The fourth-order valence-electron chi connectivity index (χ4n) is 0.904. The average Bonchev–Trinajstić information content (AvgIpc) is 2.19. The summed E-state index contributed by atoms with van der Waals surface area (Å²) in [7, 11) is 0. The van der Waals surface area contributed by atoms with Crippen LogP contribution in [0.15, 0.2) is 23.8 Å². The Hall–Kier alpha value is -0.490. The molecule has 1 rings (SSSR count). The molecule has 0 aliphatic heterocycles. The quantitative estimate of drug-likeness (QED) is 0.589. The molecular weight excluding hydrogens is 285 g/mol. The first-order valence-corrected chi connectivity index (χ1v) is 5.67. The summed E-state index contributed by atoms with van der Waals surface area (Å²) in [6.45, 7) is 0. The van der Waals surface area contributed by atoms with Gasteiger partial charge < -0.3 is 0 Å². The fourth-order valence-corrected chi connectivity index (χ4v) is 1.50. The predicted octanol–water partition coefficient (Wildman–Crippen LogP) is 4.30. The van der Waals surface area contributed by atoms with Crippen LogP contribution in [-0.4, -0.2) is 5.33 Å². The van der Waals surface area contributed by atoms with E-state index in [1.807, 2.05) is 6.07 Å². The van der Waals surface area contributed by atoms with Crippen LogP contribution >= 0.6 is 39.1 Å². The number of alkyl halides is 1. The first kappa shape index (κ1) is 11.6. The molecule has 1 aromatic carbocycles. The Labute approximate surface area is 101 Å². The van der Waals surface area contributed by atoms with Gasteiger partial charge in [-0.2, -0.15) is 5.26 Å². The Balaban J connectivity index is 3.05. The second-order valence-corrected chi connectivity index (χ2v) is 3.96. The van der Waals surface area contributed by atoms with Crippen LogP contribution < -0.4 is 0 Å². The SMILES string of the molecule is N#C/C(=C\c1ccc(Cl)c(Cl)c1)CBr. The highest BCUT2D eigenvalue weighted by molar-refractivity contribution is 9.09. The van der Waals surface area contributed by atoms with E-state index < -0.39 is 0 Å². The Morgan fingerprint density at radius 3 is 2.64 bits per heavy atom. The first-order chi connectivity index (χ1) is 6.67. The standard InChI is InChI=1S/C10H6BrCl2N/c11-5-8(6-14)3-7-1-2-9(12)10(13)4-7/h1-4H,5H2/b8-3-. The van der Waals surface area contributed by atoms with Crippen molar-refractivity contribution in [1.82, 2.24) is 0 Å². The topological polar surface area (TPSA) is 23.8 Å². The van der Waals surface area contributed by atoms with Gasteiger partial charge in [0.1, 0.15) is 0 Å². The number of benzene rings is 1. The zero-order chi connectivity index (χ0) is 10.6. The molecule has 0 N–H and O–H groups in total. The summed E-state index contributed by atoms with van der Waals surface area (Å²) in [5, 5.41) is 10.2. The van der Waals surface area contributed by atoms with Crippen molar-refractivity contribution in [3.05, 3.63) is 39.4 Å². The molecule has 0 spiro atoms. The number of nitrogens with zero attached hydrogens (tertiary/aromatic N) is 1. The molecule has 1 nitrogen and oxygen atoms in total. The van der Waals surface area contributed by atoms with Gasteiger partial charge in [-0.1, -0.05) is 45.2 Å². The third kappa shape index (κ3) is 3.02. The molecule has 0 atom stereocenters. The van der Waals surface area contributed by atoms with Crippen LogP contribution in [0.4, 0.5) is 0 Å². The number of rotatable bonds is 2. The lowest BCUT2D eigenvalue weighted by molar-refractivity contribution is 1.47. The van der Waals surface area contributed by atoms with Crippen molar-refractivity contribution in [2.75, 3.05) is 5.33 Å². The van der Waals surface area contributed by atoms with Crippen LogP contribution in [0.5, 0.6) is 0 Å². The highest BCUT2D eigenvalue weighted by Gasteiger charge is 1.98. The second kappa shape index (κ2) is 5.41. The number of allylic oxidation sites excluding steroid dienone is 1. The summed E-state index contributed by atoms with van der Waals surface area (Å²) in [6, 6.07) is 7.32. The monoisotopic (exact) mass is 289 g/mol. The lowest BCUT2D eigenvalue weighted by atomic mass is 10.1. The molecule has 0 saturated heterocycles. The molecule has 4 heteroatoms. The number of hydrogen-bond donors (Lipinski definition) is 0. The van der Waals surface area contributed by atoms with Gasteiger partial charge in [0.05, 0.1) is 16.1 Å². The smallest absolute Gasteiger partial charge is 0.0956 e. The summed E-state index contributed by atoms with van der Waals surface area (Å²) in [5.74, 6) is 0. The highest BCUT2D eigenvalue weighted by atomic mass is 79.9. The van der Waals surface area contributed by atoms with Crippen molar-refractivity contribution in [2.24, 2.45) is 0 Å². The average molecular weight is 291 g/mol. The van der Waals surface area contributed by atoms with Crippen LogP contribution in [0, 0.1) is 11.3 Å². The summed E-state index contributed by atoms with van der Waals surface area (Å²) >= 11 is 14.8. The third-order valence-corrected chi connectivity index (χ3v) is 2.92. The van der Waals surface area contributed by atoms with Gasteiger partial charge in [-0.25, -0.2) is 0 Å². The Morgan fingerprint density at radius 2 is 2.14 bits per heavy atom. The summed E-state index contributed by atoms with van der Waals surface area (Å²) in [6.07, 6.45) is 1.76. The van der Waals surface area contributed by atoms with Crippen LogP contribution in [0.2, 0.25) is 10.0 Å². The lowest BCUT2D eigenvalue weighted by Gasteiger charge is -1.98. The van der Waals surface area contributed by atoms with Crippen molar-refractivity contribution in [1.29, 1.82) is 5.26 Å². The molecular formula is C10H6BrCl2N. The van der Waals surface area contributed by atoms with Gasteiger partial charge in [-0.05, 0) is 23.8 Å². The summed E-state index contributed by atoms with van der Waals surface area (Å²) in [4.78, 5) is 0. The van der Waals surface area contributed by atoms with E-state index in [1.165, 1.54) is 0 Å². The zero-order valence-corrected chi connectivity index (χ0v) is 10.2. The van der Waals surface area contributed by atoms with Gasteiger partial charge in [0.15, 0.2) is 0 Å². The van der Waals surface area contributed by atoms with E-state index in [2.05, 4.69) is 22.0 Å². The van der Waals surface area contributed by atoms with Crippen LogP contribution in [0.1, 0.15) is 5.56 Å². The van der Waals surface area contributed by atoms with Crippen molar-refractivity contribution >= 4 is 45.2 Å². The first-order valence-electron chi connectivity index (χ1n) is 3.79. The molecule has 0 radical (unpaired) electrons. The minimum absolute atomic E-state index is 0.493. The van der Waals surface area contributed by atoms with E-state index in [0.29, 0.717) is 20.9 Å². The molecule has 0 aromatic heterocycles. The molecule has 0 saturated carbocycles. The highest BCUT2D eigenvalue weighted by Crippen LogP contribution is 2.23. The minimum Gasteiger partial charge on any atom is -0.193 e. The number of hydrogen-bond acceptors (Lipinski definition) is 1. The van der Waals surface area contributed by atoms with E-state index in [4.69, 9.17) is 28.5 Å². The number of halogens is 3. The maximum absolute atomic E-state index is 8.70. The molecule has 0 aliphatic rings. The zero-order valence-electron chi connectivity index (χ0n) is 7.10. The van der Waals surface area contributed by atoms with Crippen LogP contribution in [-0.2, 0) is 0 Å². The second-order valence-electron chi connectivity index (χ2n) is 2.59. The maximum Gasteiger partial charge on any atom is 0.0956 e. The molecule has 0 heterocycles. The molecule has 14 heavy (non-hydrogen) atoms. The van der Waals surface area contributed by atoms with E-state index >= 15 is 0 Å². The van der Waals surface area contributed by atoms with Crippen molar-refractivity contribution in [3.8, 4) is 6.07 Å². The van der Waals surface area contributed by atoms with Crippen LogP contribution in [0.3, 0.4) is 0 Å². The van der Waals surface area contributed by atoms with E-state index in [-0.39, 0.29) is 0 Å². The summed E-state index contributed by atoms with van der Waals surface area (Å²) in [5.41, 5.74) is 1.51. The van der Waals surface area contributed by atoms with E-state index in [1.54, 1.807) is 18.2 Å². The van der Waals surface area contributed by atoms with Crippen molar-refractivity contribution < 1.29 is 0 Å². The Kier molecular flexibility index (Phi) is 4.47. The van der Waals surface area contributed by atoms with Gasteiger partial charge in [-0.3, -0.25) is 0 Å². The molecule has 0 aliphatic carbocycles. The van der Waals surface area contributed by atoms with Gasteiger partial charge in [0.2, 0.25) is 0 Å². The molecule has 72 valence electrons. The van der Waals surface area contributed by atoms with Crippen LogP contribution in [0.25, 0.3) is 6.08 Å². The normalized spacial score (nSPS) is 11.1. The predicted molar refractivity (Wildman–Crippen MR) is 63.8 cm³/mol.